The highest BCUT2D eigenvalue weighted by molar-refractivity contribution is 7.89. The summed E-state index contributed by atoms with van der Waals surface area (Å²) >= 11 is 0. The van der Waals surface area contributed by atoms with Crippen LogP contribution in [0, 0.1) is 5.41 Å². The first kappa shape index (κ1) is 19.1. The van der Waals surface area contributed by atoms with Gasteiger partial charge in [-0.3, -0.25) is 4.68 Å². The third kappa shape index (κ3) is 3.71. The number of aromatic amines is 1. The van der Waals surface area contributed by atoms with Crippen LogP contribution in [0.4, 0.5) is 0 Å². The Kier molecular flexibility index (Phi) is 4.79. The molecule has 1 N–H and O–H groups in total. The molecule has 0 aromatic carbocycles. The molecule has 7 nitrogen and oxygen atoms in total. The standard InChI is InChI=1S/C20H27N5O2S/c1-20(2,3)14-24-13-16(11-23-24)28(26,27)25-9-6-15(7-10-25)18-12-22-19-17(18)5-4-8-21-19/h4-5,8,11-13,15H,6-7,9-10,14H2,1-3H3,(H,21,22). The van der Waals surface area contributed by atoms with Gasteiger partial charge in [0.05, 0.1) is 6.20 Å². The van der Waals surface area contributed by atoms with E-state index in [0.29, 0.717) is 25.6 Å². The van der Waals surface area contributed by atoms with Crippen molar-refractivity contribution in [2.75, 3.05) is 13.1 Å². The molecule has 0 spiro atoms. The minimum absolute atomic E-state index is 0.0413. The first-order valence-electron chi connectivity index (χ1n) is 9.69. The Morgan fingerprint density at radius 3 is 2.71 bits per heavy atom. The van der Waals surface area contributed by atoms with Crippen molar-refractivity contribution in [2.24, 2.45) is 5.41 Å². The normalized spacial score (nSPS) is 17.4. The van der Waals surface area contributed by atoms with Crippen molar-refractivity contribution in [3.63, 3.8) is 0 Å². The average Bonchev–Trinajstić information content (AvgIpc) is 3.28. The fourth-order valence-electron chi connectivity index (χ4n) is 3.92. The molecular formula is C20H27N5O2S. The van der Waals surface area contributed by atoms with Gasteiger partial charge >= 0.3 is 0 Å². The van der Waals surface area contributed by atoms with Gasteiger partial charge in [0.2, 0.25) is 10.0 Å². The van der Waals surface area contributed by atoms with Crippen molar-refractivity contribution in [3.05, 3.63) is 42.5 Å². The molecule has 150 valence electrons. The number of nitrogens with one attached hydrogen (secondary N) is 1. The fraction of sp³-hybridized carbons (Fsp3) is 0.500. The lowest BCUT2D eigenvalue weighted by Crippen LogP contribution is -2.37. The molecule has 0 unspecified atom stereocenters. The van der Waals surface area contributed by atoms with Crippen molar-refractivity contribution in [2.45, 2.75) is 51.0 Å². The number of aromatic nitrogens is 4. The molecule has 3 aromatic heterocycles. The van der Waals surface area contributed by atoms with Gasteiger partial charge in [-0.05, 0) is 41.9 Å². The SMILES string of the molecule is CC(C)(C)Cn1cc(S(=O)(=O)N2CCC(c3c[nH]c4ncccc34)CC2)cn1. The second-order valence-electron chi connectivity index (χ2n) is 8.76. The van der Waals surface area contributed by atoms with Gasteiger partial charge in [0.1, 0.15) is 10.5 Å². The molecule has 0 radical (unpaired) electrons. The summed E-state index contributed by atoms with van der Waals surface area (Å²) < 4.78 is 29.4. The zero-order valence-corrected chi connectivity index (χ0v) is 17.4. The molecule has 28 heavy (non-hydrogen) atoms. The predicted octanol–water partition coefficient (Wildman–Crippen LogP) is 3.37. The van der Waals surface area contributed by atoms with Crippen LogP contribution in [0.25, 0.3) is 11.0 Å². The molecule has 0 amide bonds. The molecule has 3 aromatic rings. The maximum atomic E-state index is 13.0. The molecule has 1 fully saturated rings. The smallest absolute Gasteiger partial charge is 0.246 e. The average molecular weight is 402 g/mol. The molecule has 0 atom stereocenters. The Balaban J connectivity index is 1.47. The van der Waals surface area contributed by atoms with E-state index >= 15 is 0 Å². The molecular weight excluding hydrogens is 374 g/mol. The largest absolute Gasteiger partial charge is 0.346 e. The van der Waals surface area contributed by atoms with Crippen LogP contribution in [-0.4, -0.2) is 45.6 Å². The lowest BCUT2D eigenvalue weighted by Gasteiger charge is -2.30. The Morgan fingerprint density at radius 1 is 1.25 bits per heavy atom. The zero-order chi connectivity index (χ0) is 19.9. The molecule has 0 saturated carbocycles. The number of H-pyrrole nitrogens is 1. The van der Waals surface area contributed by atoms with E-state index in [2.05, 4.69) is 41.9 Å². The highest BCUT2D eigenvalue weighted by atomic mass is 32.2. The maximum absolute atomic E-state index is 13.0. The first-order valence-corrected chi connectivity index (χ1v) is 11.1. The fourth-order valence-corrected chi connectivity index (χ4v) is 5.35. The zero-order valence-electron chi connectivity index (χ0n) is 16.6. The summed E-state index contributed by atoms with van der Waals surface area (Å²) in [5.41, 5.74) is 2.16. The van der Waals surface area contributed by atoms with Crippen LogP contribution >= 0.6 is 0 Å². The van der Waals surface area contributed by atoms with E-state index in [1.165, 1.54) is 11.8 Å². The van der Waals surface area contributed by atoms with Gasteiger partial charge in [0.15, 0.2) is 0 Å². The summed E-state index contributed by atoms with van der Waals surface area (Å²) in [4.78, 5) is 7.85. The van der Waals surface area contributed by atoms with E-state index in [1.807, 2.05) is 12.3 Å². The van der Waals surface area contributed by atoms with Crippen LogP contribution in [0.1, 0.15) is 45.1 Å². The summed E-state index contributed by atoms with van der Waals surface area (Å²) in [5, 5.41) is 5.38. The molecule has 0 aliphatic carbocycles. The van der Waals surface area contributed by atoms with Crippen LogP contribution in [0.2, 0.25) is 0 Å². The van der Waals surface area contributed by atoms with E-state index in [9.17, 15) is 8.42 Å². The van der Waals surface area contributed by atoms with Gasteiger partial charge in [-0.1, -0.05) is 20.8 Å². The summed E-state index contributed by atoms with van der Waals surface area (Å²) in [6.45, 7) is 8.03. The monoisotopic (exact) mass is 401 g/mol. The molecule has 1 saturated heterocycles. The van der Waals surface area contributed by atoms with Crippen LogP contribution in [0.5, 0.6) is 0 Å². The van der Waals surface area contributed by atoms with E-state index in [0.717, 1.165) is 23.9 Å². The number of fused-ring (bicyclic) bond motifs is 1. The lowest BCUT2D eigenvalue weighted by atomic mass is 9.90. The second-order valence-corrected chi connectivity index (χ2v) is 10.7. The van der Waals surface area contributed by atoms with Gasteiger partial charge in [-0.2, -0.15) is 9.40 Å². The minimum atomic E-state index is -3.50. The number of hydrogen-bond donors (Lipinski definition) is 1. The number of pyridine rings is 1. The quantitative estimate of drug-likeness (QED) is 0.726. The minimum Gasteiger partial charge on any atom is -0.346 e. The Hall–Kier alpha value is -2.19. The summed E-state index contributed by atoms with van der Waals surface area (Å²) in [7, 11) is -3.50. The van der Waals surface area contributed by atoms with Gasteiger partial charge in [-0.25, -0.2) is 13.4 Å². The summed E-state index contributed by atoms with van der Waals surface area (Å²) in [6, 6.07) is 4.01. The summed E-state index contributed by atoms with van der Waals surface area (Å²) in [5.74, 6) is 0.341. The van der Waals surface area contributed by atoms with Crippen molar-refractivity contribution < 1.29 is 8.42 Å². The Morgan fingerprint density at radius 2 is 2.00 bits per heavy atom. The topological polar surface area (TPSA) is 83.9 Å². The van der Waals surface area contributed by atoms with E-state index in [4.69, 9.17) is 0 Å². The number of hydrogen-bond acceptors (Lipinski definition) is 4. The Bertz CT molecular complexity index is 1070. The third-order valence-corrected chi connectivity index (χ3v) is 7.11. The van der Waals surface area contributed by atoms with Crippen LogP contribution in [-0.2, 0) is 16.6 Å². The van der Waals surface area contributed by atoms with E-state index < -0.39 is 10.0 Å². The second kappa shape index (κ2) is 7.00. The highest BCUT2D eigenvalue weighted by Crippen LogP contribution is 2.34. The van der Waals surface area contributed by atoms with Crippen LogP contribution in [0.15, 0.2) is 41.8 Å². The van der Waals surface area contributed by atoms with Gasteiger partial charge in [0, 0.05) is 43.6 Å². The third-order valence-electron chi connectivity index (χ3n) is 5.26. The van der Waals surface area contributed by atoms with Crippen LogP contribution in [0.3, 0.4) is 0 Å². The lowest BCUT2D eigenvalue weighted by molar-refractivity contribution is 0.319. The van der Waals surface area contributed by atoms with Crippen LogP contribution < -0.4 is 0 Å². The Labute approximate surface area is 165 Å². The number of sulfonamides is 1. The van der Waals surface area contributed by atoms with Gasteiger partial charge in [-0.15, -0.1) is 0 Å². The first-order chi connectivity index (χ1) is 13.2. The highest BCUT2D eigenvalue weighted by Gasteiger charge is 2.32. The summed E-state index contributed by atoms with van der Waals surface area (Å²) in [6.07, 6.45) is 8.52. The number of rotatable bonds is 4. The molecule has 0 bridgehead atoms. The molecule has 4 rings (SSSR count). The van der Waals surface area contributed by atoms with Crippen molar-refractivity contribution in [1.82, 2.24) is 24.1 Å². The maximum Gasteiger partial charge on any atom is 0.246 e. The van der Waals surface area contributed by atoms with E-state index in [-0.39, 0.29) is 10.3 Å². The molecule has 1 aliphatic heterocycles. The predicted molar refractivity (Wildman–Crippen MR) is 109 cm³/mol. The molecule has 1 aliphatic rings. The van der Waals surface area contributed by atoms with Gasteiger partial charge in [0.25, 0.3) is 0 Å². The van der Waals surface area contributed by atoms with Crippen molar-refractivity contribution in [1.29, 1.82) is 0 Å². The molecule has 4 heterocycles. The van der Waals surface area contributed by atoms with Crippen molar-refractivity contribution >= 4 is 21.1 Å². The van der Waals surface area contributed by atoms with E-state index in [1.54, 1.807) is 21.4 Å². The molecule has 8 heteroatoms. The number of nitrogens with zero attached hydrogens (tertiary/aromatic N) is 4. The number of piperidine rings is 1. The van der Waals surface area contributed by atoms with Crippen molar-refractivity contribution in [3.8, 4) is 0 Å². The van der Waals surface area contributed by atoms with Gasteiger partial charge < -0.3 is 4.98 Å².